The fourth-order valence-electron chi connectivity index (χ4n) is 2.29. The van der Waals surface area contributed by atoms with Crippen LogP contribution >= 0.6 is 0 Å². The molecule has 3 heteroatoms. The van der Waals surface area contributed by atoms with E-state index >= 15 is 0 Å². The predicted molar refractivity (Wildman–Crippen MR) is 107 cm³/mol. The summed E-state index contributed by atoms with van der Waals surface area (Å²) in [5.41, 5.74) is 0. The Kier molecular flexibility index (Phi) is 21.9. The van der Waals surface area contributed by atoms with E-state index in [2.05, 4.69) is 39.8 Å². The van der Waals surface area contributed by atoms with Crippen molar-refractivity contribution in [1.29, 1.82) is 0 Å². The molecule has 1 N–H and O–H groups in total. The lowest BCUT2D eigenvalue weighted by Gasteiger charge is -2.12. The molecule has 0 saturated heterocycles. The molecule has 0 aromatic carbocycles. The van der Waals surface area contributed by atoms with Crippen molar-refractivity contribution in [3.8, 4) is 0 Å². The van der Waals surface area contributed by atoms with Crippen LogP contribution in [0.5, 0.6) is 0 Å². The van der Waals surface area contributed by atoms with Gasteiger partial charge in [0.15, 0.2) is 0 Å². The van der Waals surface area contributed by atoms with E-state index in [1.807, 2.05) is 0 Å². The summed E-state index contributed by atoms with van der Waals surface area (Å²) in [7, 11) is 4.15. The average molecular weight is 344 g/mol. The third kappa shape index (κ3) is 26.3. The van der Waals surface area contributed by atoms with E-state index in [9.17, 15) is 4.79 Å². The third-order valence-electron chi connectivity index (χ3n) is 4.53. The summed E-state index contributed by atoms with van der Waals surface area (Å²) in [5, 5.41) is 8.49. The zero-order valence-corrected chi connectivity index (χ0v) is 17.3. The third-order valence-corrected chi connectivity index (χ3v) is 4.53. The lowest BCUT2D eigenvalue weighted by molar-refractivity contribution is -0.137. The minimum Gasteiger partial charge on any atom is -0.481 e. The first-order valence-corrected chi connectivity index (χ1v) is 10.3. The van der Waals surface area contributed by atoms with Gasteiger partial charge in [0.05, 0.1) is 0 Å². The maximum atomic E-state index is 10.3. The topological polar surface area (TPSA) is 40.5 Å². The van der Waals surface area contributed by atoms with Crippen molar-refractivity contribution in [1.82, 2.24) is 4.90 Å². The Hall–Kier alpha value is -0.570. The Morgan fingerprint density at radius 1 is 0.750 bits per heavy atom. The predicted octanol–water partition coefficient (Wildman–Crippen LogP) is 6.51. The molecular weight excluding hydrogens is 298 g/mol. The maximum Gasteiger partial charge on any atom is 0.303 e. The summed E-state index contributed by atoms with van der Waals surface area (Å²) in [6.45, 7) is 6.59. The minimum absolute atomic E-state index is 0.345. The van der Waals surface area contributed by atoms with Crippen LogP contribution in [0.25, 0.3) is 0 Å². The molecule has 0 spiro atoms. The number of aliphatic carboxylic acids is 1. The number of unbranched alkanes of at least 4 members (excludes halogenated alkanes) is 12. The second kappa shape index (κ2) is 20.5. The standard InChI is InChI=1S/C16H32O2.C5H13N/c1-2-3-4-5-6-7-8-9-10-11-12-13-14-15-16(17)18;1-5(2)6(3)4/h2-15H2,1H3,(H,17,18);5H,1-4H3. The van der Waals surface area contributed by atoms with E-state index in [1.54, 1.807) is 0 Å². The number of rotatable bonds is 15. The van der Waals surface area contributed by atoms with Crippen molar-refractivity contribution >= 4 is 5.97 Å². The van der Waals surface area contributed by atoms with Crippen LogP contribution in [0.3, 0.4) is 0 Å². The Labute approximate surface area is 152 Å². The average Bonchev–Trinajstić information content (AvgIpc) is 2.52. The fraction of sp³-hybridized carbons (Fsp3) is 0.952. The van der Waals surface area contributed by atoms with E-state index < -0.39 is 5.97 Å². The van der Waals surface area contributed by atoms with Crippen molar-refractivity contribution in [2.45, 2.75) is 117 Å². The highest BCUT2D eigenvalue weighted by molar-refractivity contribution is 5.66. The molecule has 0 aromatic rings. The molecule has 0 heterocycles. The summed E-state index contributed by atoms with van der Waals surface area (Å²) < 4.78 is 0. The first-order chi connectivity index (χ1) is 11.4. The highest BCUT2D eigenvalue weighted by Crippen LogP contribution is 2.12. The second-order valence-electron chi connectivity index (χ2n) is 7.44. The molecule has 0 aliphatic carbocycles. The molecular formula is C21H45NO2. The SMILES string of the molecule is CC(C)N(C)C.CCCCCCCCCCCCCCCC(=O)O. The van der Waals surface area contributed by atoms with Crippen molar-refractivity contribution in [2.24, 2.45) is 0 Å². The Bertz CT molecular complexity index is 246. The highest BCUT2D eigenvalue weighted by atomic mass is 16.4. The summed E-state index contributed by atoms with van der Waals surface area (Å²) in [4.78, 5) is 12.5. The van der Waals surface area contributed by atoms with Crippen LogP contribution in [0.15, 0.2) is 0 Å². The van der Waals surface area contributed by atoms with Crippen LogP contribution < -0.4 is 0 Å². The monoisotopic (exact) mass is 343 g/mol. The summed E-state index contributed by atoms with van der Waals surface area (Å²) in [5.74, 6) is -0.655. The first kappa shape index (κ1) is 25.7. The van der Waals surface area contributed by atoms with Gasteiger partial charge in [-0.15, -0.1) is 0 Å². The molecule has 0 saturated carbocycles. The van der Waals surface area contributed by atoms with Crippen molar-refractivity contribution in [3.05, 3.63) is 0 Å². The van der Waals surface area contributed by atoms with Gasteiger partial charge < -0.3 is 10.0 Å². The van der Waals surface area contributed by atoms with Gasteiger partial charge in [-0.3, -0.25) is 4.79 Å². The molecule has 0 aliphatic rings. The normalized spacial score (nSPS) is 10.8. The zero-order valence-electron chi connectivity index (χ0n) is 17.3. The van der Waals surface area contributed by atoms with Crippen molar-refractivity contribution in [3.63, 3.8) is 0 Å². The van der Waals surface area contributed by atoms with Crippen LogP contribution in [0, 0.1) is 0 Å². The Morgan fingerprint density at radius 2 is 1.04 bits per heavy atom. The summed E-state index contributed by atoms with van der Waals surface area (Å²) >= 11 is 0. The van der Waals surface area contributed by atoms with Crippen LogP contribution in [-0.2, 0) is 4.79 Å². The van der Waals surface area contributed by atoms with E-state index in [0.29, 0.717) is 12.5 Å². The molecule has 0 aliphatic heterocycles. The number of hydrogen-bond donors (Lipinski definition) is 1. The number of nitrogens with zero attached hydrogens (tertiary/aromatic N) is 1. The van der Waals surface area contributed by atoms with Crippen LogP contribution in [0.4, 0.5) is 0 Å². The lowest BCUT2D eigenvalue weighted by Crippen LogP contribution is -2.20. The summed E-state index contributed by atoms with van der Waals surface area (Å²) in [6.07, 6.45) is 17.3. The first-order valence-electron chi connectivity index (χ1n) is 10.3. The van der Waals surface area contributed by atoms with Gasteiger partial charge in [0.1, 0.15) is 0 Å². The second-order valence-corrected chi connectivity index (χ2v) is 7.44. The fourth-order valence-corrected chi connectivity index (χ4v) is 2.29. The molecule has 0 unspecified atom stereocenters. The van der Waals surface area contributed by atoms with Gasteiger partial charge in [0, 0.05) is 12.5 Å². The van der Waals surface area contributed by atoms with E-state index in [-0.39, 0.29) is 0 Å². The Morgan fingerprint density at radius 3 is 1.29 bits per heavy atom. The van der Waals surface area contributed by atoms with Gasteiger partial charge in [-0.05, 0) is 34.4 Å². The van der Waals surface area contributed by atoms with E-state index in [4.69, 9.17) is 5.11 Å². The van der Waals surface area contributed by atoms with E-state index in [1.165, 1.54) is 70.6 Å². The molecule has 3 nitrogen and oxygen atoms in total. The maximum absolute atomic E-state index is 10.3. The van der Waals surface area contributed by atoms with Crippen LogP contribution in [0.2, 0.25) is 0 Å². The molecule has 0 amide bonds. The van der Waals surface area contributed by atoms with Gasteiger partial charge in [-0.2, -0.15) is 0 Å². The van der Waals surface area contributed by atoms with Gasteiger partial charge in [0.2, 0.25) is 0 Å². The molecule has 0 fully saturated rings. The number of carbonyl (C=O) groups is 1. The van der Waals surface area contributed by atoms with Crippen molar-refractivity contribution in [2.75, 3.05) is 14.1 Å². The lowest BCUT2D eigenvalue weighted by atomic mass is 10.0. The Balaban J connectivity index is 0. The largest absolute Gasteiger partial charge is 0.481 e. The van der Waals surface area contributed by atoms with Gasteiger partial charge in [0.25, 0.3) is 0 Å². The van der Waals surface area contributed by atoms with E-state index in [0.717, 1.165) is 12.8 Å². The number of carboxylic acids is 1. The van der Waals surface area contributed by atoms with Gasteiger partial charge in [-0.25, -0.2) is 0 Å². The molecule has 0 rings (SSSR count). The molecule has 24 heavy (non-hydrogen) atoms. The number of carboxylic acid groups (broad SMARTS) is 1. The highest BCUT2D eigenvalue weighted by Gasteiger charge is 1.96. The molecule has 0 radical (unpaired) electrons. The van der Waals surface area contributed by atoms with Gasteiger partial charge >= 0.3 is 5.97 Å². The number of hydrogen-bond acceptors (Lipinski definition) is 2. The molecule has 0 atom stereocenters. The van der Waals surface area contributed by atoms with Crippen LogP contribution in [0.1, 0.15) is 111 Å². The van der Waals surface area contributed by atoms with Crippen LogP contribution in [-0.4, -0.2) is 36.1 Å². The quantitative estimate of drug-likeness (QED) is 0.345. The zero-order chi connectivity index (χ0) is 18.6. The van der Waals surface area contributed by atoms with Crippen molar-refractivity contribution < 1.29 is 9.90 Å². The van der Waals surface area contributed by atoms with Gasteiger partial charge in [-0.1, -0.05) is 84.0 Å². The molecule has 0 bridgehead atoms. The smallest absolute Gasteiger partial charge is 0.303 e. The summed E-state index contributed by atoms with van der Waals surface area (Å²) in [6, 6.07) is 0.685. The molecule has 146 valence electrons. The minimum atomic E-state index is -0.655. The molecule has 0 aromatic heterocycles.